The minimum Gasteiger partial charge on any atom is -0.496 e. The smallest absolute Gasteiger partial charge is 0.134 e. The number of aryl methyl sites for hydroxylation is 1. The van der Waals surface area contributed by atoms with Crippen molar-refractivity contribution in [1.82, 2.24) is 9.78 Å². The molecule has 2 rings (SSSR count). The van der Waals surface area contributed by atoms with Gasteiger partial charge in [0.05, 0.1) is 19.9 Å². The van der Waals surface area contributed by atoms with Crippen molar-refractivity contribution < 1.29 is 9.47 Å². The fourth-order valence-electron chi connectivity index (χ4n) is 2.00. The average Bonchev–Trinajstić information content (AvgIpc) is 2.75. The zero-order valence-electron chi connectivity index (χ0n) is 10.5. The standard InChI is InChI=1S/C13H16N2O2/c1-9-12(16-3)6-5-10(13(9)17-4)11-7-8-14-15(11)2/h5-8H,1-4H3. The first-order valence-electron chi connectivity index (χ1n) is 5.39. The molecule has 0 atom stereocenters. The minimum absolute atomic E-state index is 0.827. The summed E-state index contributed by atoms with van der Waals surface area (Å²) in [6, 6.07) is 5.89. The molecule has 0 saturated heterocycles. The largest absolute Gasteiger partial charge is 0.496 e. The first-order valence-corrected chi connectivity index (χ1v) is 5.39. The molecule has 4 heteroatoms. The van der Waals surface area contributed by atoms with Gasteiger partial charge in [0, 0.05) is 24.4 Å². The third kappa shape index (κ3) is 1.86. The Hall–Kier alpha value is -1.97. The lowest BCUT2D eigenvalue weighted by Gasteiger charge is -2.14. The molecule has 0 saturated carbocycles. The van der Waals surface area contributed by atoms with E-state index in [1.165, 1.54) is 0 Å². The molecule has 0 aliphatic carbocycles. The number of aromatic nitrogens is 2. The maximum atomic E-state index is 5.48. The molecule has 0 radical (unpaired) electrons. The third-order valence-electron chi connectivity index (χ3n) is 2.88. The van der Waals surface area contributed by atoms with E-state index in [9.17, 15) is 0 Å². The highest BCUT2D eigenvalue weighted by atomic mass is 16.5. The van der Waals surface area contributed by atoms with Crippen LogP contribution in [0.2, 0.25) is 0 Å². The molecule has 0 spiro atoms. The van der Waals surface area contributed by atoms with E-state index in [0.29, 0.717) is 0 Å². The van der Waals surface area contributed by atoms with E-state index in [1.54, 1.807) is 20.4 Å². The van der Waals surface area contributed by atoms with Gasteiger partial charge in [-0.25, -0.2) is 0 Å². The lowest BCUT2D eigenvalue weighted by Crippen LogP contribution is -1.98. The number of nitrogens with zero attached hydrogens (tertiary/aromatic N) is 2. The number of methoxy groups -OCH3 is 2. The molecule has 4 nitrogen and oxygen atoms in total. The normalized spacial score (nSPS) is 10.4. The van der Waals surface area contributed by atoms with Crippen LogP contribution in [0.15, 0.2) is 24.4 Å². The summed E-state index contributed by atoms with van der Waals surface area (Å²) in [4.78, 5) is 0. The van der Waals surface area contributed by atoms with Crippen molar-refractivity contribution in [1.29, 1.82) is 0 Å². The summed E-state index contributed by atoms with van der Waals surface area (Å²) in [6.07, 6.45) is 1.77. The molecule has 0 N–H and O–H groups in total. The average molecular weight is 232 g/mol. The van der Waals surface area contributed by atoms with Crippen LogP contribution in [-0.4, -0.2) is 24.0 Å². The SMILES string of the molecule is COc1ccc(-c2ccnn2C)c(OC)c1C. The van der Waals surface area contributed by atoms with Crippen molar-refractivity contribution >= 4 is 0 Å². The monoisotopic (exact) mass is 232 g/mol. The molecule has 1 aromatic carbocycles. The molecule has 0 unspecified atom stereocenters. The van der Waals surface area contributed by atoms with Crippen molar-refractivity contribution in [3.63, 3.8) is 0 Å². The summed E-state index contributed by atoms with van der Waals surface area (Å²) in [5.41, 5.74) is 3.03. The van der Waals surface area contributed by atoms with Gasteiger partial charge in [-0.05, 0) is 25.1 Å². The van der Waals surface area contributed by atoms with Crippen LogP contribution in [0.1, 0.15) is 5.56 Å². The van der Waals surface area contributed by atoms with Gasteiger partial charge in [-0.1, -0.05) is 0 Å². The van der Waals surface area contributed by atoms with Crippen LogP contribution in [0.5, 0.6) is 11.5 Å². The van der Waals surface area contributed by atoms with Crippen LogP contribution in [0.25, 0.3) is 11.3 Å². The highest BCUT2D eigenvalue weighted by Gasteiger charge is 2.14. The second-order valence-corrected chi connectivity index (χ2v) is 3.81. The Morgan fingerprint density at radius 1 is 1.12 bits per heavy atom. The molecule has 0 aliphatic heterocycles. The fourth-order valence-corrected chi connectivity index (χ4v) is 2.00. The van der Waals surface area contributed by atoms with Crippen LogP contribution < -0.4 is 9.47 Å². The van der Waals surface area contributed by atoms with Crippen molar-refractivity contribution in [3.8, 4) is 22.8 Å². The van der Waals surface area contributed by atoms with Crippen LogP contribution >= 0.6 is 0 Å². The molecule has 0 amide bonds. The number of benzene rings is 1. The zero-order valence-corrected chi connectivity index (χ0v) is 10.5. The molecular weight excluding hydrogens is 216 g/mol. The minimum atomic E-state index is 0.827. The number of ether oxygens (including phenoxy) is 2. The van der Waals surface area contributed by atoms with Gasteiger partial charge in [-0.3, -0.25) is 4.68 Å². The highest BCUT2D eigenvalue weighted by molar-refractivity contribution is 5.71. The van der Waals surface area contributed by atoms with E-state index < -0.39 is 0 Å². The van der Waals surface area contributed by atoms with Gasteiger partial charge in [0.1, 0.15) is 11.5 Å². The van der Waals surface area contributed by atoms with Crippen molar-refractivity contribution in [2.24, 2.45) is 7.05 Å². The maximum absolute atomic E-state index is 5.48. The first-order chi connectivity index (χ1) is 8.19. The number of rotatable bonds is 3. The van der Waals surface area contributed by atoms with E-state index >= 15 is 0 Å². The molecule has 17 heavy (non-hydrogen) atoms. The molecule has 90 valence electrons. The van der Waals surface area contributed by atoms with Crippen LogP contribution in [-0.2, 0) is 7.05 Å². The van der Waals surface area contributed by atoms with Crippen LogP contribution in [0, 0.1) is 6.92 Å². The lowest BCUT2D eigenvalue weighted by molar-refractivity contribution is 0.389. The lowest BCUT2D eigenvalue weighted by atomic mass is 10.1. The number of hydrogen-bond acceptors (Lipinski definition) is 3. The molecule has 0 fully saturated rings. The molecular formula is C13H16N2O2. The molecule has 2 aromatic rings. The second kappa shape index (κ2) is 4.49. The summed E-state index contributed by atoms with van der Waals surface area (Å²) in [5.74, 6) is 1.65. The topological polar surface area (TPSA) is 36.3 Å². The van der Waals surface area contributed by atoms with Gasteiger partial charge < -0.3 is 9.47 Å². The Labute approximate surface area is 101 Å². The van der Waals surface area contributed by atoms with E-state index in [0.717, 1.165) is 28.3 Å². The third-order valence-corrected chi connectivity index (χ3v) is 2.88. The highest BCUT2D eigenvalue weighted by Crippen LogP contribution is 2.37. The summed E-state index contributed by atoms with van der Waals surface area (Å²) in [7, 11) is 5.24. The predicted octanol–water partition coefficient (Wildman–Crippen LogP) is 2.41. The fraction of sp³-hybridized carbons (Fsp3) is 0.308. The Morgan fingerprint density at radius 2 is 1.88 bits per heavy atom. The van der Waals surface area contributed by atoms with Crippen molar-refractivity contribution in [2.45, 2.75) is 6.92 Å². The molecule has 0 aliphatic rings. The van der Waals surface area contributed by atoms with E-state index in [-0.39, 0.29) is 0 Å². The van der Waals surface area contributed by atoms with E-state index in [2.05, 4.69) is 5.10 Å². The summed E-state index contributed by atoms with van der Waals surface area (Å²) >= 11 is 0. The Kier molecular flexibility index (Phi) is 3.04. The molecule has 1 heterocycles. The van der Waals surface area contributed by atoms with Gasteiger partial charge in [-0.15, -0.1) is 0 Å². The zero-order chi connectivity index (χ0) is 12.4. The van der Waals surface area contributed by atoms with Crippen LogP contribution in [0.3, 0.4) is 0 Å². The van der Waals surface area contributed by atoms with Gasteiger partial charge in [0.25, 0.3) is 0 Å². The molecule has 1 aromatic heterocycles. The van der Waals surface area contributed by atoms with Gasteiger partial charge in [-0.2, -0.15) is 5.10 Å². The molecule has 0 bridgehead atoms. The van der Waals surface area contributed by atoms with Gasteiger partial charge in [0.2, 0.25) is 0 Å². The summed E-state index contributed by atoms with van der Waals surface area (Å²) in [6.45, 7) is 1.98. The Balaban J connectivity index is 2.63. The first kappa shape index (κ1) is 11.5. The number of hydrogen-bond donors (Lipinski definition) is 0. The summed E-state index contributed by atoms with van der Waals surface area (Å²) in [5, 5.41) is 4.17. The second-order valence-electron chi connectivity index (χ2n) is 3.81. The Morgan fingerprint density at radius 3 is 2.41 bits per heavy atom. The Bertz CT molecular complexity index is 532. The van der Waals surface area contributed by atoms with E-state index in [1.807, 2.05) is 36.9 Å². The van der Waals surface area contributed by atoms with E-state index in [4.69, 9.17) is 9.47 Å². The van der Waals surface area contributed by atoms with Crippen molar-refractivity contribution in [2.75, 3.05) is 14.2 Å². The summed E-state index contributed by atoms with van der Waals surface area (Å²) < 4.78 is 12.6. The van der Waals surface area contributed by atoms with Gasteiger partial charge >= 0.3 is 0 Å². The van der Waals surface area contributed by atoms with Crippen LogP contribution in [0.4, 0.5) is 0 Å². The maximum Gasteiger partial charge on any atom is 0.134 e. The quantitative estimate of drug-likeness (QED) is 0.815. The van der Waals surface area contributed by atoms with Gasteiger partial charge in [0.15, 0.2) is 0 Å². The predicted molar refractivity (Wildman–Crippen MR) is 66.5 cm³/mol. The van der Waals surface area contributed by atoms with Crippen molar-refractivity contribution in [3.05, 3.63) is 30.0 Å².